The predicted molar refractivity (Wildman–Crippen MR) is 135 cm³/mol. The van der Waals surface area contributed by atoms with Crippen LogP contribution in [-0.4, -0.2) is 58.1 Å². The molecule has 6 aromatic heterocycles. The van der Waals surface area contributed by atoms with Crippen molar-refractivity contribution in [1.29, 1.82) is 0 Å². The van der Waals surface area contributed by atoms with Gasteiger partial charge in [-0.25, -0.2) is 39.9 Å². The Hall–Kier alpha value is -4.23. The number of hydrogen-bond acceptors (Lipinski definition) is 9. The molecule has 0 aromatic carbocycles. The fourth-order valence-corrected chi connectivity index (χ4v) is 5.03. The lowest BCUT2D eigenvalue weighted by molar-refractivity contribution is 0.897. The molecule has 36 heavy (non-hydrogen) atoms. The fraction of sp³-hybridized carbons (Fsp3) is 0.190. The average molecular weight is 523 g/mol. The first kappa shape index (κ1) is 22.2. The molecule has 0 unspecified atom stereocenters. The number of fused-ring (bicyclic) bond motifs is 4. The van der Waals surface area contributed by atoms with Crippen molar-refractivity contribution >= 4 is 79.2 Å². The smallest absolute Gasteiger partial charge is 0.208 e. The molecular formula is C21H16Cl2N12O. The van der Waals surface area contributed by atoms with E-state index in [0.29, 0.717) is 45.2 Å². The van der Waals surface area contributed by atoms with Crippen LogP contribution in [0.1, 0.15) is 0 Å². The molecule has 0 aliphatic carbocycles. The number of halogens is 2. The largest absolute Gasteiger partial charge is 0.313 e. The van der Waals surface area contributed by atoms with E-state index >= 15 is 0 Å². The number of nitrogens with zero attached hydrogens (tertiary/aromatic N) is 12. The highest BCUT2D eigenvalue weighted by atomic mass is 35.5. The Kier molecular flexibility index (Phi) is 4.88. The summed E-state index contributed by atoms with van der Waals surface area (Å²) in [6.07, 6.45) is 5.47. The first-order valence-corrected chi connectivity index (χ1v) is 11.3. The van der Waals surface area contributed by atoms with Gasteiger partial charge in [-0.1, -0.05) is 23.2 Å². The summed E-state index contributed by atoms with van der Waals surface area (Å²) in [5, 5.41) is 0.904. The van der Waals surface area contributed by atoms with Crippen molar-refractivity contribution in [2.45, 2.75) is 0 Å². The number of aryl methyl sites for hydroxylation is 4. The predicted octanol–water partition coefficient (Wildman–Crippen LogP) is 2.32. The highest BCUT2D eigenvalue weighted by molar-refractivity contribution is 6.37. The number of aromatic nitrogens is 12. The van der Waals surface area contributed by atoms with Crippen LogP contribution in [0.25, 0.3) is 55.9 Å². The minimum absolute atomic E-state index is 0.206. The normalized spacial score (nSPS) is 11.7. The van der Waals surface area contributed by atoms with Gasteiger partial charge in [0.25, 0.3) is 0 Å². The summed E-state index contributed by atoms with van der Waals surface area (Å²) in [7, 11) is 6.91. The molecule has 0 atom stereocenters. The van der Waals surface area contributed by atoms with Gasteiger partial charge in [0.2, 0.25) is 5.43 Å². The van der Waals surface area contributed by atoms with Crippen molar-refractivity contribution in [2.24, 2.45) is 28.2 Å². The topological polar surface area (TPSA) is 140 Å². The summed E-state index contributed by atoms with van der Waals surface area (Å²) >= 11 is 13.6. The molecule has 0 radical (unpaired) electrons. The van der Waals surface area contributed by atoms with Crippen LogP contribution in [0.5, 0.6) is 0 Å². The van der Waals surface area contributed by atoms with E-state index in [2.05, 4.69) is 39.9 Å². The lowest BCUT2D eigenvalue weighted by atomic mass is 10.2. The summed E-state index contributed by atoms with van der Waals surface area (Å²) < 4.78 is 6.58. The van der Waals surface area contributed by atoms with Crippen LogP contribution >= 0.6 is 23.2 Å². The van der Waals surface area contributed by atoms with E-state index in [9.17, 15) is 4.79 Å². The number of pyridine rings is 1. The lowest BCUT2D eigenvalue weighted by Gasteiger charge is -2.13. The van der Waals surface area contributed by atoms with Crippen LogP contribution in [0, 0.1) is 0 Å². The molecular weight excluding hydrogens is 507 g/mol. The SMILES string of the molecule is Cn1c2ncnc(c2Cl)n(C)c2ncnc3c2c(=O)c2c(ncnc2n3C)n(C)c2ncnc1c2Cl. The standard InChI is InChI=1S/C21H16Cl2N12O/c1-32-14-9-13(36)10-15(32)25-6-27-17(10)34(3)19-12(23)21(31-8-29-19)35(4)20-11(22)18(28-7-30-20)33(2)16(9)26-5-24-14/h5-8H,1-4H3. The minimum Gasteiger partial charge on any atom is -0.313 e. The second kappa shape index (κ2) is 7.90. The fourth-order valence-electron chi connectivity index (χ4n) is 4.32. The highest BCUT2D eigenvalue weighted by Gasteiger charge is 2.19. The van der Waals surface area contributed by atoms with Gasteiger partial charge in [-0.2, -0.15) is 0 Å². The Morgan fingerprint density at radius 1 is 0.472 bits per heavy atom. The van der Waals surface area contributed by atoms with E-state index in [0.717, 1.165) is 0 Å². The molecule has 6 bridgehead atoms. The van der Waals surface area contributed by atoms with Crippen LogP contribution < -0.4 is 5.43 Å². The van der Waals surface area contributed by atoms with Crippen molar-refractivity contribution in [3.05, 3.63) is 45.6 Å². The van der Waals surface area contributed by atoms with Gasteiger partial charge < -0.3 is 18.3 Å². The Morgan fingerprint density at radius 3 is 1.00 bits per heavy atom. The molecule has 0 N–H and O–H groups in total. The van der Waals surface area contributed by atoms with Crippen molar-refractivity contribution in [3.8, 4) is 0 Å². The third kappa shape index (κ3) is 2.93. The highest BCUT2D eigenvalue weighted by Crippen LogP contribution is 2.26. The van der Waals surface area contributed by atoms with E-state index in [1.54, 1.807) is 46.5 Å². The summed E-state index contributed by atoms with van der Waals surface area (Å²) in [6, 6.07) is 0. The van der Waals surface area contributed by atoms with Gasteiger partial charge in [-0.15, -0.1) is 0 Å². The van der Waals surface area contributed by atoms with E-state index in [1.165, 1.54) is 25.3 Å². The van der Waals surface area contributed by atoms with Gasteiger partial charge >= 0.3 is 0 Å². The minimum atomic E-state index is -0.368. The molecule has 0 spiro atoms. The zero-order chi connectivity index (χ0) is 25.3. The summed E-state index contributed by atoms with van der Waals surface area (Å²) in [5.74, 6) is 0. The molecule has 0 saturated heterocycles. The Bertz CT molecular complexity index is 1910. The molecule has 13 nitrogen and oxygen atoms in total. The van der Waals surface area contributed by atoms with Gasteiger partial charge in [0.05, 0.1) is 0 Å². The summed E-state index contributed by atoms with van der Waals surface area (Å²) in [6.45, 7) is 0. The third-order valence-corrected chi connectivity index (χ3v) is 6.79. The Balaban J connectivity index is 2.11. The molecule has 6 aromatic rings. The van der Waals surface area contributed by atoms with E-state index < -0.39 is 0 Å². The maximum Gasteiger partial charge on any atom is 0.208 e. The van der Waals surface area contributed by atoms with Gasteiger partial charge in [0.1, 0.15) is 46.1 Å². The average Bonchev–Trinajstić information content (AvgIpc) is 2.89. The van der Waals surface area contributed by atoms with Crippen LogP contribution in [-0.2, 0) is 28.2 Å². The molecule has 0 amide bonds. The van der Waals surface area contributed by atoms with Crippen molar-refractivity contribution < 1.29 is 0 Å². The zero-order valence-corrected chi connectivity index (χ0v) is 20.9. The van der Waals surface area contributed by atoms with Crippen LogP contribution in [0.4, 0.5) is 0 Å². The van der Waals surface area contributed by atoms with Crippen LogP contribution in [0.3, 0.4) is 0 Å². The molecule has 6 rings (SSSR count). The second-order valence-corrected chi connectivity index (χ2v) is 8.78. The summed E-state index contributed by atoms with van der Waals surface area (Å²) in [5.41, 5.74) is 2.33. The first-order valence-electron chi connectivity index (χ1n) is 10.5. The van der Waals surface area contributed by atoms with Crippen molar-refractivity contribution in [2.75, 3.05) is 0 Å². The van der Waals surface area contributed by atoms with E-state index in [1.807, 2.05) is 0 Å². The second-order valence-electron chi connectivity index (χ2n) is 8.03. The molecule has 0 aliphatic heterocycles. The Labute approximate surface area is 211 Å². The maximum atomic E-state index is 14.1. The molecule has 180 valence electrons. The lowest BCUT2D eigenvalue weighted by Crippen LogP contribution is -2.16. The molecule has 0 aliphatic rings. The van der Waals surface area contributed by atoms with Gasteiger partial charge in [-0.05, 0) is 0 Å². The monoisotopic (exact) mass is 522 g/mol. The van der Waals surface area contributed by atoms with E-state index in [4.69, 9.17) is 23.2 Å². The molecule has 0 saturated carbocycles. The quantitative estimate of drug-likeness (QED) is 0.274. The van der Waals surface area contributed by atoms with Gasteiger partial charge in [0.15, 0.2) is 45.2 Å². The molecule has 6 heterocycles. The maximum absolute atomic E-state index is 14.1. The molecule has 15 heteroatoms. The van der Waals surface area contributed by atoms with Crippen molar-refractivity contribution in [1.82, 2.24) is 58.1 Å². The van der Waals surface area contributed by atoms with Crippen LogP contribution in [0.15, 0.2) is 30.1 Å². The molecule has 0 fully saturated rings. The van der Waals surface area contributed by atoms with Gasteiger partial charge in [-0.3, -0.25) is 4.79 Å². The third-order valence-electron chi connectivity index (χ3n) is 6.12. The summed E-state index contributed by atoms with van der Waals surface area (Å²) in [4.78, 5) is 49.1. The van der Waals surface area contributed by atoms with E-state index in [-0.39, 0.29) is 26.2 Å². The van der Waals surface area contributed by atoms with Crippen molar-refractivity contribution in [3.63, 3.8) is 0 Å². The van der Waals surface area contributed by atoms with Gasteiger partial charge in [0, 0.05) is 28.2 Å². The number of hydrogen-bond donors (Lipinski definition) is 0. The number of rotatable bonds is 0. The van der Waals surface area contributed by atoms with Crippen LogP contribution in [0.2, 0.25) is 10.0 Å². The first-order chi connectivity index (χ1) is 17.3. The zero-order valence-electron chi connectivity index (χ0n) is 19.3. The Morgan fingerprint density at radius 2 is 0.694 bits per heavy atom.